The molecule has 0 radical (unpaired) electrons. The van der Waals surface area contributed by atoms with Crippen LogP contribution < -0.4 is 5.32 Å². The van der Waals surface area contributed by atoms with Gasteiger partial charge in [0, 0.05) is 6.54 Å². The van der Waals surface area contributed by atoms with Crippen LogP contribution in [0.15, 0.2) is 17.0 Å². The second-order valence-electron chi connectivity index (χ2n) is 2.74. The smallest absolute Gasteiger partial charge is 0.262 e. The zero-order valence-electron chi connectivity index (χ0n) is 7.40. The van der Waals surface area contributed by atoms with Crippen LogP contribution in [0.3, 0.4) is 0 Å². The van der Waals surface area contributed by atoms with Crippen molar-refractivity contribution in [3.63, 3.8) is 0 Å². The van der Waals surface area contributed by atoms with E-state index in [0.29, 0.717) is 29.9 Å². The van der Waals surface area contributed by atoms with Gasteiger partial charge in [0.1, 0.15) is 17.5 Å². The second kappa shape index (κ2) is 3.99. The molecule has 0 aromatic carbocycles. The molecule has 1 N–H and O–H groups in total. The van der Waals surface area contributed by atoms with Gasteiger partial charge in [0.05, 0.1) is 12.9 Å². The van der Waals surface area contributed by atoms with Crippen LogP contribution in [0.25, 0.3) is 11.1 Å². The van der Waals surface area contributed by atoms with Crippen LogP contribution in [0.1, 0.15) is 6.42 Å². The van der Waals surface area contributed by atoms with Gasteiger partial charge in [-0.1, -0.05) is 5.16 Å². The number of aromatic nitrogens is 3. The molecule has 2 rings (SSSR count). The minimum atomic E-state index is -0.342. The highest BCUT2D eigenvalue weighted by molar-refractivity contribution is 5.83. The van der Waals surface area contributed by atoms with E-state index in [1.54, 1.807) is 0 Å². The summed E-state index contributed by atoms with van der Waals surface area (Å²) in [6.07, 6.45) is 3.37. The van der Waals surface area contributed by atoms with Gasteiger partial charge in [0.25, 0.3) is 5.71 Å². The largest absolute Gasteiger partial charge is 0.369 e. The summed E-state index contributed by atoms with van der Waals surface area (Å²) in [5, 5.41) is 7.30. The number of rotatable bonds is 4. The van der Waals surface area contributed by atoms with Crippen LogP contribution in [0, 0.1) is 0 Å². The highest BCUT2D eigenvalue weighted by Gasteiger charge is 2.05. The molecule has 0 bridgehead atoms. The number of fused-ring (bicyclic) bond motifs is 1. The second-order valence-corrected chi connectivity index (χ2v) is 2.74. The third-order valence-corrected chi connectivity index (χ3v) is 1.77. The zero-order valence-corrected chi connectivity index (χ0v) is 7.40. The predicted molar refractivity (Wildman–Crippen MR) is 48.7 cm³/mol. The minimum Gasteiger partial charge on any atom is -0.369 e. The molecule has 6 heteroatoms. The van der Waals surface area contributed by atoms with Gasteiger partial charge in [0.15, 0.2) is 0 Å². The summed E-state index contributed by atoms with van der Waals surface area (Å²) in [7, 11) is 0. The number of nitrogens with one attached hydrogen (secondary N) is 1. The zero-order chi connectivity index (χ0) is 9.80. The lowest BCUT2D eigenvalue weighted by Crippen LogP contribution is -2.04. The molecule has 0 saturated carbocycles. The van der Waals surface area contributed by atoms with E-state index in [-0.39, 0.29) is 6.67 Å². The molecule has 0 aliphatic rings. The SMILES string of the molecule is FCCCNc1ncnc2oncc12. The molecule has 2 aromatic rings. The van der Waals surface area contributed by atoms with Gasteiger partial charge in [-0.3, -0.25) is 4.39 Å². The van der Waals surface area contributed by atoms with Crippen molar-refractivity contribution in [3.05, 3.63) is 12.5 Å². The highest BCUT2D eigenvalue weighted by Crippen LogP contribution is 2.17. The molecule has 2 aromatic heterocycles. The van der Waals surface area contributed by atoms with E-state index in [4.69, 9.17) is 4.52 Å². The lowest BCUT2D eigenvalue weighted by molar-refractivity contribution is 0.448. The Kier molecular flexibility index (Phi) is 2.53. The van der Waals surface area contributed by atoms with Gasteiger partial charge in [-0.05, 0) is 6.42 Å². The summed E-state index contributed by atoms with van der Waals surface area (Å²) < 4.78 is 16.7. The number of alkyl halides is 1. The molecule has 2 heterocycles. The molecular weight excluding hydrogens is 187 g/mol. The average molecular weight is 196 g/mol. The van der Waals surface area contributed by atoms with Crippen molar-refractivity contribution in [3.8, 4) is 0 Å². The maximum absolute atomic E-state index is 11.8. The Balaban J connectivity index is 2.19. The minimum absolute atomic E-state index is 0.342. The quantitative estimate of drug-likeness (QED) is 0.748. The number of halogens is 1. The molecular formula is C8H9FN4O. The summed E-state index contributed by atoms with van der Waals surface area (Å²) in [5.41, 5.74) is 0.433. The maximum Gasteiger partial charge on any atom is 0.262 e. The molecule has 0 spiro atoms. The van der Waals surface area contributed by atoms with Gasteiger partial charge in [-0.15, -0.1) is 0 Å². The number of hydrogen-bond acceptors (Lipinski definition) is 5. The molecule has 0 saturated heterocycles. The monoisotopic (exact) mass is 196 g/mol. The van der Waals surface area contributed by atoms with Gasteiger partial charge in [-0.25, -0.2) is 4.98 Å². The van der Waals surface area contributed by atoms with Crippen LogP contribution in [-0.4, -0.2) is 28.3 Å². The van der Waals surface area contributed by atoms with Gasteiger partial charge in [0.2, 0.25) is 0 Å². The Labute approximate surface area is 79.3 Å². The first-order valence-electron chi connectivity index (χ1n) is 4.27. The van der Waals surface area contributed by atoms with Crippen LogP contribution in [0.5, 0.6) is 0 Å². The molecule has 0 atom stereocenters. The highest BCUT2D eigenvalue weighted by atomic mass is 19.1. The molecule has 0 amide bonds. The molecule has 0 aliphatic heterocycles. The van der Waals surface area contributed by atoms with E-state index in [1.807, 2.05) is 0 Å². The fourth-order valence-corrected chi connectivity index (χ4v) is 1.11. The van der Waals surface area contributed by atoms with Crippen molar-refractivity contribution in [1.29, 1.82) is 0 Å². The first-order chi connectivity index (χ1) is 6.92. The van der Waals surface area contributed by atoms with Crippen molar-refractivity contribution in [1.82, 2.24) is 15.1 Å². The fourth-order valence-electron chi connectivity index (χ4n) is 1.11. The fraction of sp³-hybridized carbons (Fsp3) is 0.375. The number of hydrogen-bond donors (Lipinski definition) is 1. The van der Waals surface area contributed by atoms with E-state index >= 15 is 0 Å². The standard InChI is InChI=1S/C8H9FN4O/c9-2-1-3-10-7-6-4-13-14-8(6)12-5-11-7/h4-5H,1-3H2,(H,10,11,12). The Hall–Kier alpha value is -1.72. The molecule has 0 fully saturated rings. The Morgan fingerprint density at radius 2 is 2.36 bits per heavy atom. The first-order valence-corrected chi connectivity index (χ1v) is 4.27. The van der Waals surface area contributed by atoms with Crippen molar-refractivity contribution in [2.24, 2.45) is 0 Å². The van der Waals surface area contributed by atoms with Crippen LogP contribution in [0.2, 0.25) is 0 Å². The van der Waals surface area contributed by atoms with Crippen LogP contribution >= 0.6 is 0 Å². The normalized spacial score (nSPS) is 10.6. The maximum atomic E-state index is 11.8. The van der Waals surface area contributed by atoms with Crippen LogP contribution in [0.4, 0.5) is 10.2 Å². The van der Waals surface area contributed by atoms with Gasteiger partial charge >= 0.3 is 0 Å². The Morgan fingerprint density at radius 1 is 1.43 bits per heavy atom. The lowest BCUT2D eigenvalue weighted by Gasteiger charge is -2.02. The van der Waals surface area contributed by atoms with E-state index in [2.05, 4.69) is 20.4 Å². The van der Waals surface area contributed by atoms with Gasteiger partial charge in [-0.2, -0.15) is 4.98 Å². The summed E-state index contributed by atoms with van der Waals surface area (Å²) in [5.74, 6) is 0.629. The van der Waals surface area contributed by atoms with Crippen molar-refractivity contribution >= 4 is 16.9 Å². The van der Waals surface area contributed by atoms with E-state index in [0.717, 1.165) is 0 Å². The van der Waals surface area contributed by atoms with Gasteiger partial charge < -0.3 is 9.84 Å². The van der Waals surface area contributed by atoms with Crippen LogP contribution in [-0.2, 0) is 0 Å². The first kappa shape index (κ1) is 8.86. The summed E-state index contributed by atoms with van der Waals surface area (Å²) >= 11 is 0. The topological polar surface area (TPSA) is 63.8 Å². The number of nitrogens with zero attached hydrogens (tertiary/aromatic N) is 3. The Morgan fingerprint density at radius 3 is 3.21 bits per heavy atom. The summed E-state index contributed by atoms with van der Waals surface area (Å²) in [4.78, 5) is 7.88. The van der Waals surface area contributed by atoms with E-state index in [1.165, 1.54) is 12.5 Å². The van der Waals surface area contributed by atoms with Crippen molar-refractivity contribution < 1.29 is 8.91 Å². The van der Waals surface area contributed by atoms with Crippen molar-refractivity contribution in [2.75, 3.05) is 18.5 Å². The van der Waals surface area contributed by atoms with E-state index in [9.17, 15) is 4.39 Å². The molecule has 0 unspecified atom stereocenters. The molecule has 14 heavy (non-hydrogen) atoms. The average Bonchev–Trinajstić information content (AvgIpc) is 2.67. The predicted octanol–water partition coefficient (Wildman–Crippen LogP) is 1.39. The summed E-state index contributed by atoms with van der Waals surface area (Å²) in [6.45, 7) is 0.193. The number of anilines is 1. The third kappa shape index (κ3) is 1.63. The molecule has 5 nitrogen and oxygen atoms in total. The Bertz CT molecular complexity index is 416. The van der Waals surface area contributed by atoms with Crippen molar-refractivity contribution in [2.45, 2.75) is 6.42 Å². The lowest BCUT2D eigenvalue weighted by atomic mass is 10.4. The summed E-state index contributed by atoms with van der Waals surface area (Å²) in [6, 6.07) is 0. The molecule has 0 aliphatic carbocycles. The van der Waals surface area contributed by atoms with E-state index < -0.39 is 0 Å². The molecule has 74 valence electrons. The third-order valence-electron chi connectivity index (χ3n) is 1.77.